The minimum absolute atomic E-state index is 0.0805. The Morgan fingerprint density at radius 1 is 1.29 bits per heavy atom. The number of benzene rings is 1. The van der Waals surface area contributed by atoms with Crippen LogP contribution in [-0.2, 0) is 0 Å². The van der Waals surface area contributed by atoms with Gasteiger partial charge in [-0.3, -0.25) is 0 Å². The van der Waals surface area contributed by atoms with Gasteiger partial charge >= 0.3 is 5.97 Å². The van der Waals surface area contributed by atoms with Gasteiger partial charge in [-0.15, -0.1) is 0 Å². The number of rotatable bonds is 4. The van der Waals surface area contributed by atoms with E-state index in [2.05, 4.69) is 9.97 Å². The lowest BCUT2D eigenvalue weighted by atomic mass is 10.2. The molecule has 7 heteroatoms. The number of carboxylic acid groups (broad SMARTS) is 1. The van der Waals surface area contributed by atoms with E-state index in [4.69, 9.17) is 9.84 Å². The summed E-state index contributed by atoms with van der Waals surface area (Å²) >= 11 is 0. The van der Waals surface area contributed by atoms with Crippen molar-refractivity contribution in [3.05, 3.63) is 47.5 Å². The predicted molar refractivity (Wildman–Crippen MR) is 69.5 cm³/mol. The van der Waals surface area contributed by atoms with Crippen molar-refractivity contribution in [3.63, 3.8) is 0 Å². The van der Waals surface area contributed by atoms with Crippen LogP contribution in [0.5, 0.6) is 11.5 Å². The topological polar surface area (TPSA) is 72.3 Å². The van der Waals surface area contributed by atoms with Gasteiger partial charge in [0.15, 0.2) is 23.0 Å². The number of hydrogen-bond acceptors (Lipinski definition) is 4. The number of carbonyl (C=O) groups is 1. The normalized spacial score (nSPS) is 10.7. The third-order valence-electron chi connectivity index (χ3n) is 2.63. The van der Waals surface area contributed by atoms with Crippen LogP contribution < -0.4 is 4.74 Å². The molecule has 0 bridgehead atoms. The zero-order chi connectivity index (χ0) is 15.6. The molecule has 0 amide bonds. The lowest BCUT2D eigenvalue weighted by Gasteiger charge is -2.11. The van der Waals surface area contributed by atoms with E-state index in [0.29, 0.717) is 5.82 Å². The van der Waals surface area contributed by atoms with Crippen LogP contribution in [0.1, 0.15) is 36.1 Å². The number of ether oxygens (including phenoxy) is 1. The van der Waals surface area contributed by atoms with Crippen LogP contribution in [0.2, 0.25) is 0 Å². The maximum atomic E-state index is 13.5. The standard InChI is InChI=1S/C14H12F2N2O3/c1-7(2)13-17-6-10(12(18-13)14(19)20)21-9-5-3-4-8(15)11(9)16/h3-7H,1-2H3,(H,19,20). The van der Waals surface area contributed by atoms with Crippen molar-refractivity contribution in [1.29, 1.82) is 0 Å². The second-order valence-electron chi connectivity index (χ2n) is 4.55. The van der Waals surface area contributed by atoms with Gasteiger partial charge in [-0.05, 0) is 12.1 Å². The van der Waals surface area contributed by atoms with E-state index in [1.807, 2.05) is 0 Å². The van der Waals surface area contributed by atoms with Gasteiger partial charge in [-0.1, -0.05) is 19.9 Å². The molecule has 0 aliphatic heterocycles. The molecule has 2 aromatic rings. The van der Waals surface area contributed by atoms with Crippen molar-refractivity contribution in [2.75, 3.05) is 0 Å². The van der Waals surface area contributed by atoms with Crippen molar-refractivity contribution in [3.8, 4) is 11.5 Å². The van der Waals surface area contributed by atoms with Crippen LogP contribution in [-0.4, -0.2) is 21.0 Å². The molecule has 0 saturated carbocycles. The van der Waals surface area contributed by atoms with Crippen molar-refractivity contribution in [2.24, 2.45) is 0 Å². The summed E-state index contributed by atoms with van der Waals surface area (Å²) in [5.74, 6) is -4.09. The summed E-state index contributed by atoms with van der Waals surface area (Å²) in [6, 6.07) is 3.36. The maximum Gasteiger partial charge on any atom is 0.358 e. The molecule has 1 aromatic heterocycles. The van der Waals surface area contributed by atoms with Crippen LogP contribution >= 0.6 is 0 Å². The number of carboxylic acids is 1. The van der Waals surface area contributed by atoms with Crippen molar-refractivity contribution in [1.82, 2.24) is 9.97 Å². The van der Waals surface area contributed by atoms with Gasteiger partial charge in [0.05, 0.1) is 6.20 Å². The first-order valence-corrected chi connectivity index (χ1v) is 6.12. The first-order chi connectivity index (χ1) is 9.90. The third-order valence-corrected chi connectivity index (χ3v) is 2.63. The number of nitrogens with zero attached hydrogens (tertiary/aromatic N) is 2. The fourth-order valence-electron chi connectivity index (χ4n) is 1.57. The molecule has 0 spiro atoms. The lowest BCUT2D eigenvalue weighted by Crippen LogP contribution is -2.09. The Morgan fingerprint density at radius 3 is 2.62 bits per heavy atom. The first-order valence-electron chi connectivity index (χ1n) is 6.12. The summed E-state index contributed by atoms with van der Waals surface area (Å²) in [6.45, 7) is 3.60. The molecule has 0 radical (unpaired) electrons. The molecule has 2 rings (SSSR count). The average molecular weight is 294 g/mol. The summed E-state index contributed by atoms with van der Waals surface area (Å²) in [6.07, 6.45) is 1.14. The van der Waals surface area contributed by atoms with E-state index in [1.54, 1.807) is 13.8 Å². The van der Waals surface area contributed by atoms with Crippen molar-refractivity contribution < 1.29 is 23.4 Å². The van der Waals surface area contributed by atoms with Gasteiger partial charge < -0.3 is 9.84 Å². The quantitative estimate of drug-likeness (QED) is 0.936. The van der Waals surface area contributed by atoms with E-state index < -0.39 is 29.0 Å². The Hall–Kier alpha value is -2.57. The lowest BCUT2D eigenvalue weighted by molar-refractivity contribution is 0.0686. The van der Waals surface area contributed by atoms with Crippen LogP contribution in [0.25, 0.3) is 0 Å². The van der Waals surface area contributed by atoms with Gasteiger partial charge in [0.25, 0.3) is 0 Å². The highest BCUT2D eigenvalue weighted by molar-refractivity contribution is 5.88. The monoisotopic (exact) mass is 294 g/mol. The van der Waals surface area contributed by atoms with Crippen molar-refractivity contribution >= 4 is 5.97 Å². The molecule has 1 aromatic carbocycles. The Balaban J connectivity index is 2.44. The molecule has 0 fully saturated rings. The maximum absolute atomic E-state index is 13.5. The van der Waals surface area contributed by atoms with E-state index in [0.717, 1.165) is 12.3 Å². The van der Waals surface area contributed by atoms with Gasteiger partial charge in [-0.25, -0.2) is 19.2 Å². The molecular formula is C14H12F2N2O3. The summed E-state index contributed by atoms with van der Waals surface area (Å²) in [4.78, 5) is 19.0. The van der Waals surface area contributed by atoms with Gasteiger partial charge in [0.1, 0.15) is 5.82 Å². The van der Waals surface area contributed by atoms with Gasteiger partial charge in [-0.2, -0.15) is 4.39 Å². The Morgan fingerprint density at radius 2 is 2.00 bits per heavy atom. The summed E-state index contributed by atoms with van der Waals surface area (Å²) in [7, 11) is 0. The summed E-state index contributed by atoms with van der Waals surface area (Å²) in [5.41, 5.74) is -0.405. The van der Waals surface area contributed by atoms with E-state index in [1.165, 1.54) is 12.1 Å². The van der Waals surface area contributed by atoms with Gasteiger partial charge in [0.2, 0.25) is 5.82 Å². The molecule has 21 heavy (non-hydrogen) atoms. The van der Waals surface area contributed by atoms with Crippen molar-refractivity contribution in [2.45, 2.75) is 19.8 Å². The fraction of sp³-hybridized carbons (Fsp3) is 0.214. The number of hydrogen-bond donors (Lipinski definition) is 1. The molecule has 0 aliphatic carbocycles. The Bertz CT molecular complexity index is 690. The first kappa shape index (κ1) is 14.8. The number of aromatic carboxylic acids is 1. The van der Waals surface area contributed by atoms with Crippen LogP contribution in [0, 0.1) is 11.6 Å². The molecule has 0 saturated heterocycles. The fourth-order valence-corrected chi connectivity index (χ4v) is 1.57. The summed E-state index contributed by atoms with van der Waals surface area (Å²) in [5, 5.41) is 9.14. The minimum Gasteiger partial charge on any atom is -0.476 e. The highest BCUT2D eigenvalue weighted by Crippen LogP contribution is 2.28. The van der Waals surface area contributed by atoms with Crippen LogP contribution in [0.4, 0.5) is 8.78 Å². The zero-order valence-electron chi connectivity index (χ0n) is 11.3. The smallest absolute Gasteiger partial charge is 0.358 e. The average Bonchev–Trinajstić information content (AvgIpc) is 2.43. The van der Waals surface area contributed by atoms with E-state index in [-0.39, 0.29) is 11.7 Å². The Labute approximate surface area is 119 Å². The molecule has 5 nitrogen and oxygen atoms in total. The number of aromatic nitrogens is 2. The Kier molecular flexibility index (Phi) is 4.11. The molecule has 0 aliphatic rings. The third kappa shape index (κ3) is 3.13. The molecule has 0 unspecified atom stereocenters. The molecule has 1 heterocycles. The highest BCUT2D eigenvalue weighted by atomic mass is 19.2. The SMILES string of the molecule is CC(C)c1ncc(Oc2cccc(F)c2F)c(C(=O)O)n1. The molecule has 1 N–H and O–H groups in total. The summed E-state index contributed by atoms with van der Waals surface area (Å²) < 4.78 is 31.7. The molecule has 0 atom stereocenters. The second-order valence-corrected chi connectivity index (χ2v) is 4.55. The zero-order valence-corrected chi connectivity index (χ0v) is 11.3. The molecular weight excluding hydrogens is 282 g/mol. The van der Waals surface area contributed by atoms with E-state index in [9.17, 15) is 13.6 Å². The largest absolute Gasteiger partial charge is 0.476 e. The second kappa shape index (κ2) is 5.82. The van der Waals surface area contributed by atoms with Crippen LogP contribution in [0.15, 0.2) is 24.4 Å². The predicted octanol–water partition coefficient (Wildman–Crippen LogP) is 3.37. The van der Waals surface area contributed by atoms with E-state index >= 15 is 0 Å². The minimum atomic E-state index is -1.34. The van der Waals surface area contributed by atoms with Gasteiger partial charge in [0, 0.05) is 5.92 Å². The number of halogens is 2. The highest BCUT2D eigenvalue weighted by Gasteiger charge is 2.19. The van der Waals surface area contributed by atoms with Crippen LogP contribution in [0.3, 0.4) is 0 Å². The molecule has 110 valence electrons.